The number of anilines is 3. The van der Waals surface area contributed by atoms with Crippen molar-refractivity contribution in [2.45, 2.75) is 36.5 Å². The first-order chi connectivity index (χ1) is 20.2. The first kappa shape index (κ1) is 29.2. The zero-order chi connectivity index (χ0) is 29.9. The zero-order valence-electron chi connectivity index (χ0n) is 22.5. The van der Waals surface area contributed by atoms with Crippen molar-refractivity contribution in [2.75, 3.05) is 24.3 Å². The van der Waals surface area contributed by atoms with E-state index in [0.717, 1.165) is 6.07 Å². The Bertz CT molecular complexity index is 1700. The van der Waals surface area contributed by atoms with Gasteiger partial charge < -0.3 is 25.3 Å². The third kappa shape index (κ3) is 6.45. The predicted molar refractivity (Wildman–Crippen MR) is 155 cm³/mol. The number of thioether (sulfide) groups is 1. The fourth-order valence-corrected chi connectivity index (χ4v) is 5.95. The van der Waals surface area contributed by atoms with E-state index in [9.17, 15) is 19.3 Å². The largest absolute Gasteiger partial charge is 0.491 e. The predicted octanol–water partition coefficient (Wildman–Crippen LogP) is 6.38. The van der Waals surface area contributed by atoms with Crippen LogP contribution in [0.15, 0.2) is 52.9 Å². The minimum absolute atomic E-state index is 0.00228. The van der Waals surface area contributed by atoms with Gasteiger partial charge in [-0.05, 0) is 43.7 Å². The number of thiazole rings is 1. The summed E-state index contributed by atoms with van der Waals surface area (Å²) >= 11 is 2.45. The highest BCUT2D eigenvalue weighted by molar-refractivity contribution is 7.98. The van der Waals surface area contributed by atoms with E-state index < -0.39 is 17.4 Å². The summed E-state index contributed by atoms with van der Waals surface area (Å²) in [4.78, 5) is 8.75. The maximum Gasteiger partial charge on any atom is 0.187 e. The SMILES string of the molecule is CC1(C)OC[C@H](COc2ccc(-c3c(C#N)c(N)nc(SCc4csc(Nc5cccc(F)c5F)n4)c3C#N)cc2)O1. The van der Waals surface area contributed by atoms with Crippen molar-refractivity contribution in [3.63, 3.8) is 0 Å². The summed E-state index contributed by atoms with van der Waals surface area (Å²) in [6.07, 6.45) is -0.193. The third-order valence-corrected chi connectivity index (χ3v) is 7.98. The van der Waals surface area contributed by atoms with Crippen LogP contribution in [-0.2, 0) is 15.2 Å². The molecule has 42 heavy (non-hydrogen) atoms. The summed E-state index contributed by atoms with van der Waals surface area (Å²) in [5.74, 6) is -1.70. The van der Waals surface area contributed by atoms with Gasteiger partial charge >= 0.3 is 0 Å². The topological polar surface area (TPSA) is 139 Å². The zero-order valence-corrected chi connectivity index (χ0v) is 24.1. The van der Waals surface area contributed by atoms with Crippen LogP contribution in [0.4, 0.5) is 25.4 Å². The summed E-state index contributed by atoms with van der Waals surface area (Å²) in [6.45, 7) is 4.43. The highest BCUT2D eigenvalue weighted by Gasteiger charge is 2.33. The molecule has 1 aliphatic rings. The molecule has 2 aromatic heterocycles. The molecule has 13 heteroatoms. The van der Waals surface area contributed by atoms with Crippen molar-refractivity contribution in [1.29, 1.82) is 10.5 Å². The number of benzene rings is 2. The first-order valence-corrected chi connectivity index (χ1v) is 14.5. The molecule has 5 rings (SSSR count). The molecule has 9 nitrogen and oxygen atoms in total. The van der Waals surface area contributed by atoms with Crippen LogP contribution >= 0.6 is 23.1 Å². The lowest BCUT2D eigenvalue weighted by atomic mass is 9.97. The number of nitrogen functional groups attached to an aromatic ring is 1. The van der Waals surface area contributed by atoms with Crippen LogP contribution in [0.25, 0.3) is 11.1 Å². The Hall–Kier alpha value is -4.27. The van der Waals surface area contributed by atoms with Gasteiger partial charge in [-0.2, -0.15) is 10.5 Å². The Labute approximate surface area is 248 Å². The normalized spacial score (nSPS) is 15.6. The molecule has 0 aliphatic carbocycles. The van der Waals surface area contributed by atoms with Crippen LogP contribution in [0.3, 0.4) is 0 Å². The number of nitrogens with two attached hydrogens (primary N) is 1. The van der Waals surface area contributed by atoms with E-state index in [2.05, 4.69) is 27.4 Å². The van der Waals surface area contributed by atoms with E-state index in [4.69, 9.17) is 19.9 Å². The van der Waals surface area contributed by atoms with E-state index in [1.54, 1.807) is 29.6 Å². The van der Waals surface area contributed by atoms with E-state index in [1.807, 2.05) is 13.8 Å². The molecule has 0 bridgehead atoms. The first-order valence-electron chi connectivity index (χ1n) is 12.6. The fraction of sp³-hybridized carbons (Fsp3) is 0.241. The van der Waals surface area contributed by atoms with Gasteiger partial charge in [0.1, 0.15) is 47.0 Å². The fourth-order valence-electron chi connectivity index (χ4n) is 4.23. The molecule has 4 aromatic rings. The summed E-state index contributed by atoms with van der Waals surface area (Å²) in [5.41, 5.74) is 8.03. The Morgan fingerprint density at radius 2 is 1.90 bits per heavy atom. The second-order valence-electron chi connectivity index (χ2n) is 9.60. The highest BCUT2D eigenvalue weighted by atomic mass is 32.2. The van der Waals surface area contributed by atoms with Crippen molar-refractivity contribution in [1.82, 2.24) is 9.97 Å². The smallest absolute Gasteiger partial charge is 0.187 e. The Morgan fingerprint density at radius 1 is 1.14 bits per heavy atom. The minimum atomic E-state index is -0.992. The lowest BCUT2D eigenvalue weighted by Gasteiger charge is -2.17. The van der Waals surface area contributed by atoms with Crippen LogP contribution in [0.2, 0.25) is 0 Å². The molecule has 0 saturated carbocycles. The third-order valence-electron chi connectivity index (χ3n) is 6.16. The number of hydrogen-bond donors (Lipinski definition) is 2. The minimum Gasteiger partial charge on any atom is -0.491 e. The Kier molecular flexibility index (Phi) is 8.56. The standard InChI is InChI=1S/C29H24F2N6O3S2/c1-29(2)39-13-19(40-29)12-38-18-8-6-16(7-9-18)24-20(10-32)26(34)37-27(21(24)11-33)41-14-17-15-42-28(35-17)36-23-5-3-4-22(30)25(23)31/h3-9,15,19H,12-14H2,1-2H3,(H2,34,37)(H,35,36)/t19-/m0/s1. The molecule has 1 aliphatic heterocycles. The molecule has 3 heterocycles. The number of nitrogens with one attached hydrogen (secondary N) is 1. The molecular formula is C29H24F2N6O3S2. The number of ether oxygens (including phenoxy) is 3. The number of rotatable bonds is 9. The molecule has 0 radical (unpaired) electrons. The van der Waals surface area contributed by atoms with Crippen molar-refractivity contribution >= 4 is 39.7 Å². The molecule has 3 N–H and O–H groups in total. The summed E-state index contributed by atoms with van der Waals surface area (Å²) in [7, 11) is 0. The summed E-state index contributed by atoms with van der Waals surface area (Å²) in [5, 5.41) is 25.2. The number of nitrogens with zero attached hydrogens (tertiary/aromatic N) is 4. The van der Waals surface area contributed by atoms with Gasteiger partial charge in [-0.1, -0.05) is 30.0 Å². The van der Waals surface area contributed by atoms with Gasteiger partial charge in [0, 0.05) is 16.7 Å². The highest BCUT2D eigenvalue weighted by Crippen LogP contribution is 2.37. The summed E-state index contributed by atoms with van der Waals surface area (Å²) < 4.78 is 44.7. The second kappa shape index (κ2) is 12.3. The van der Waals surface area contributed by atoms with Crippen LogP contribution in [-0.4, -0.2) is 35.1 Å². The van der Waals surface area contributed by atoms with Crippen molar-refractivity contribution < 1.29 is 23.0 Å². The summed E-state index contributed by atoms with van der Waals surface area (Å²) in [6, 6.07) is 15.1. The molecule has 1 fully saturated rings. The van der Waals surface area contributed by atoms with Gasteiger partial charge in [0.2, 0.25) is 0 Å². The lowest BCUT2D eigenvalue weighted by Crippen LogP contribution is -2.25. The van der Waals surface area contributed by atoms with Crippen molar-refractivity contribution in [3.05, 3.63) is 76.3 Å². The average Bonchev–Trinajstić information content (AvgIpc) is 3.58. The number of hydrogen-bond acceptors (Lipinski definition) is 11. The molecule has 0 amide bonds. The molecule has 1 atom stereocenters. The Morgan fingerprint density at radius 3 is 2.60 bits per heavy atom. The van der Waals surface area contributed by atoms with E-state index in [-0.39, 0.29) is 28.7 Å². The molecular weight excluding hydrogens is 582 g/mol. The number of halogens is 2. The van der Waals surface area contributed by atoms with Crippen LogP contribution in [0.5, 0.6) is 5.75 Å². The maximum absolute atomic E-state index is 14.0. The molecule has 0 spiro atoms. The molecule has 0 unspecified atom stereocenters. The Balaban J connectivity index is 1.32. The van der Waals surface area contributed by atoms with Gasteiger partial charge in [-0.25, -0.2) is 18.7 Å². The van der Waals surface area contributed by atoms with E-state index in [1.165, 1.54) is 35.2 Å². The maximum atomic E-state index is 14.0. The van der Waals surface area contributed by atoms with Gasteiger partial charge in [0.25, 0.3) is 0 Å². The van der Waals surface area contributed by atoms with Gasteiger partial charge in [0.05, 0.1) is 23.6 Å². The number of nitriles is 2. The molecule has 214 valence electrons. The monoisotopic (exact) mass is 606 g/mol. The van der Waals surface area contributed by atoms with E-state index in [0.29, 0.717) is 51.7 Å². The van der Waals surface area contributed by atoms with Gasteiger partial charge in [0.15, 0.2) is 22.6 Å². The van der Waals surface area contributed by atoms with Crippen LogP contribution < -0.4 is 15.8 Å². The quantitative estimate of drug-likeness (QED) is 0.206. The van der Waals surface area contributed by atoms with Crippen LogP contribution in [0.1, 0.15) is 30.7 Å². The lowest BCUT2D eigenvalue weighted by molar-refractivity contribution is -0.141. The van der Waals surface area contributed by atoms with Crippen molar-refractivity contribution in [2.24, 2.45) is 0 Å². The number of aromatic nitrogens is 2. The van der Waals surface area contributed by atoms with Crippen LogP contribution in [0, 0.1) is 34.3 Å². The molecule has 1 saturated heterocycles. The van der Waals surface area contributed by atoms with E-state index >= 15 is 0 Å². The average molecular weight is 607 g/mol. The second-order valence-corrected chi connectivity index (χ2v) is 11.4. The van der Waals surface area contributed by atoms with Gasteiger partial charge in [-0.3, -0.25) is 0 Å². The number of pyridine rings is 1. The molecule has 2 aromatic carbocycles. The van der Waals surface area contributed by atoms with Crippen molar-refractivity contribution in [3.8, 4) is 29.0 Å². The van der Waals surface area contributed by atoms with Gasteiger partial charge in [-0.15, -0.1) is 11.3 Å².